The van der Waals surface area contributed by atoms with E-state index in [1.165, 1.54) is 31.5 Å². The average molecular weight is 552 g/mol. The molecule has 0 aliphatic rings. The molecule has 7 nitrogen and oxygen atoms in total. The van der Waals surface area contributed by atoms with E-state index >= 15 is 0 Å². The maximum atomic E-state index is 12.4. The maximum Gasteiger partial charge on any atom is 0.343 e. The summed E-state index contributed by atoms with van der Waals surface area (Å²) in [5.41, 5.74) is 3.22. The number of nitrogens with one attached hydrogen (secondary N) is 1. The highest BCUT2D eigenvalue weighted by molar-refractivity contribution is 9.10. The van der Waals surface area contributed by atoms with E-state index in [-0.39, 0.29) is 22.9 Å². The van der Waals surface area contributed by atoms with Crippen LogP contribution in [0.5, 0.6) is 17.2 Å². The second-order valence-electron chi connectivity index (χ2n) is 6.46. The molecule has 0 atom stereocenters. The first-order valence-electron chi connectivity index (χ1n) is 9.41. The first-order chi connectivity index (χ1) is 15.9. The summed E-state index contributed by atoms with van der Waals surface area (Å²) in [6.07, 6.45) is 1.42. The van der Waals surface area contributed by atoms with E-state index in [4.69, 9.17) is 37.4 Å². The molecule has 0 aliphatic heterocycles. The van der Waals surface area contributed by atoms with Crippen molar-refractivity contribution in [3.05, 3.63) is 86.3 Å². The van der Waals surface area contributed by atoms with Crippen molar-refractivity contribution in [2.24, 2.45) is 5.10 Å². The Balaban J connectivity index is 1.57. The maximum absolute atomic E-state index is 12.4. The number of hydrogen-bond acceptors (Lipinski definition) is 6. The van der Waals surface area contributed by atoms with E-state index in [9.17, 15) is 9.59 Å². The predicted molar refractivity (Wildman–Crippen MR) is 130 cm³/mol. The van der Waals surface area contributed by atoms with Crippen LogP contribution in [0.4, 0.5) is 0 Å². The van der Waals surface area contributed by atoms with Crippen molar-refractivity contribution < 1.29 is 23.8 Å². The number of ether oxygens (including phenoxy) is 3. The van der Waals surface area contributed by atoms with Crippen LogP contribution in [-0.2, 0) is 4.79 Å². The van der Waals surface area contributed by atoms with Gasteiger partial charge in [0.15, 0.2) is 18.1 Å². The topological polar surface area (TPSA) is 86.2 Å². The number of halogens is 3. The molecular formula is C23H17BrCl2N2O5. The lowest BCUT2D eigenvalue weighted by molar-refractivity contribution is -0.123. The van der Waals surface area contributed by atoms with E-state index in [1.54, 1.807) is 30.3 Å². The van der Waals surface area contributed by atoms with Crippen LogP contribution in [0.25, 0.3) is 0 Å². The lowest BCUT2D eigenvalue weighted by Gasteiger charge is -2.10. The number of benzene rings is 3. The van der Waals surface area contributed by atoms with Crippen LogP contribution in [0.2, 0.25) is 10.0 Å². The number of hydrazone groups is 1. The summed E-state index contributed by atoms with van der Waals surface area (Å²) < 4.78 is 17.0. The molecule has 0 aromatic heterocycles. The normalized spacial score (nSPS) is 10.7. The number of amides is 1. The largest absolute Gasteiger partial charge is 0.493 e. The van der Waals surface area contributed by atoms with E-state index in [0.29, 0.717) is 22.1 Å². The van der Waals surface area contributed by atoms with Crippen LogP contribution in [0.1, 0.15) is 15.9 Å². The van der Waals surface area contributed by atoms with Crippen molar-refractivity contribution in [2.75, 3.05) is 13.7 Å². The highest BCUT2D eigenvalue weighted by Crippen LogP contribution is 2.29. The van der Waals surface area contributed by atoms with Gasteiger partial charge in [0.05, 0.1) is 28.9 Å². The van der Waals surface area contributed by atoms with Gasteiger partial charge in [-0.25, -0.2) is 10.2 Å². The summed E-state index contributed by atoms with van der Waals surface area (Å²) in [7, 11) is 1.44. The van der Waals surface area contributed by atoms with Gasteiger partial charge < -0.3 is 14.2 Å². The molecule has 0 saturated carbocycles. The lowest BCUT2D eigenvalue weighted by atomic mass is 10.2. The average Bonchev–Trinajstić information content (AvgIpc) is 2.81. The van der Waals surface area contributed by atoms with Crippen LogP contribution >= 0.6 is 39.1 Å². The zero-order valence-electron chi connectivity index (χ0n) is 17.2. The number of carbonyl (C=O) groups excluding carboxylic acids is 2. The van der Waals surface area contributed by atoms with Gasteiger partial charge >= 0.3 is 5.97 Å². The molecule has 3 aromatic carbocycles. The fraction of sp³-hybridized carbons (Fsp3) is 0.0870. The quantitative estimate of drug-likeness (QED) is 0.172. The Kier molecular flexibility index (Phi) is 8.71. The van der Waals surface area contributed by atoms with Crippen molar-refractivity contribution in [3.63, 3.8) is 0 Å². The van der Waals surface area contributed by atoms with Crippen molar-refractivity contribution in [1.29, 1.82) is 0 Å². The Bertz CT molecular complexity index is 1190. The number of hydrogen-bond donors (Lipinski definition) is 1. The molecule has 1 amide bonds. The fourth-order valence-electron chi connectivity index (χ4n) is 2.52. The molecule has 3 aromatic rings. The Hall–Kier alpha value is -3.07. The molecule has 3 rings (SSSR count). The molecule has 0 heterocycles. The zero-order chi connectivity index (χ0) is 23.8. The van der Waals surface area contributed by atoms with E-state index in [0.717, 1.165) is 4.47 Å². The summed E-state index contributed by atoms with van der Waals surface area (Å²) in [4.78, 5) is 24.3. The van der Waals surface area contributed by atoms with Crippen molar-refractivity contribution in [1.82, 2.24) is 5.43 Å². The molecule has 1 N–H and O–H groups in total. The van der Waals surface area contributed by atoms with Gasteiger partial charge in [0.1, 0.15) is 5.75 Å². The van der Waals surface area contributed by atoms with Gasteiger partial charge in [-0.05, 0) is 66.2 Å². The fourth-order valence-corrected chi connectivity index (χ4v) is 3.08. The molecular weight excluding hydrogens is 535 g/mol. The molecule has 0 unspecified atom stereocenters. The summed E-state index contributed by atoms with van der Waals surface area (Å²) in [5.74, 6) is 0.0302. The molecule has 0 spiro atoms. The van der Waals surface area contributed by atoms with Gasteiger partial charge in [0, 0.05) is 4.47 Å². The van der Waals surface area contributed by atoms with Gasteiger partial charge in [-0.2, -0.15) is 5.10 Å². The standard InChI is InChI=1S/C23H17BrCl2N2O5/c1-31-21-10-14(12-27-28-22(29)13-32-17-6-4-16(24)5-7-17)2-9-20(21)33-23(30)15-3-8-18(25)19(26)11-15/h2-12H,13H2,1H3,(H,28,29). The molecule has 0 bridgehead atoms. The molecule has 0 aliphatic carbocycles. The third-order valence-electron chi connectivity index (χ3n) is 4.13. The summed E-state index contributed by atoms with van der Waals surface area (Å²) in [5, 5.41) is 4.48. The molecule has 33 heavy (non-hydrogen) atoms. The van der Waals surface area contributed by atoms with Crippen molar-refractivity contribution >= 4 is 57.2 Å². The molecule has 0 fully saturated rings. The SMILES string of the molecule is COc1cc(C=NNC(=O)COc2ccc(Br)cc2)ccc1OC(=O)c1ccc(Cl)c(Cl)c1. The Morgan fingerprint density at radius 2 is 1.76 bits per heavy atom. The summed E-state index contributed by atoms with van der Waals surface area (Å²) in [6.45, 7) is -0.189. The van der Waals surface area contributed by atoms with Gasteiger partial charge in [0.25, 0.3) is 5.91 Å². The van der Waals surface area contributed by atoms with Gasteiger partial charge in [-0.1, -0.05) is 39.1 Å². The monoisotopic (exact) mass is 550 g/mol. The van der Waals surface area contributed by atoms with Crippen LogP contribution in [-0.4, -0.2) is 31.8 Å². The molecule has 0 radical (unpaired) electrons. The summed E-state index contributed by atoms with van der Waals surface area (Å²) in [6, 6.07) is 16.3. The third-order valence-corrected chi connectivity index (χ3v) is 5.40. The van der Waals surface area contributed by atoms with E-state index in [1.807, 2.05) is 12.1 Å². The third kappa shape index (κ3) is 7.21. The van der Waals surface area contributed by atoms with Crippen LogP contribution in [0.3, 0.4) is 0 Å². The Morgan fingerprint density at radius 3 is 2.45 bits per heavy atom. The van der Waals surface area contributed by atoms with Gasteiger partial charge in [0.2, 0.25) is 0 Å². The Morgan fingerprint density at radius 1 is 1.00 bits per heavy atom. The second kappa shape index (κ2) is 11.7. The van der Waals surface area contributed by atoms with Crippen LogP contribution in [0.15, 0.2) is 70.2 Å². The predicted octanol–water partition coefficient (Wildman–Crippen LogP) is 5.51. The molecule has 170 valence electrons. The number of methoxy groups -OCH3 is 1. The highest BCUT2D eigenvalue weighted by atomic mass is 79.9. The van der Waals surface area contributed by atoms with Crippen molar-refractivity contribution in [2.45, 2.75) is 0 Å². The molecule has 10 heteroatoms. The van der Waals surface area contributed by atoms with Gasteiger partial charge in [-0.15, -0.1) is 0 Å². The smallest absolute Gasteiger partial charge is 0.343 e. The minimum absolute atomic E-state index is 0.189. The first-order valence-corrected chi connectivity index (χ1v) is 11.0. The Labute approximate surface area is 208 Å². The molecule has 0 saturated heterocycles. The minimum Gasteiger partial charge on any atom is -0.493 e. The zero-order valence-corrected chi connectivity index (χ0v) is 20.3. The van der Waals surface area contributed by atoms with Gasteiger partial charge in [-0.3, -0.25) is 4.79 Å². The van der Waals surface area contributed by atoms with E-state index in [2.05, 4.69) is 26.5 Å². The van der Waals surface area contributed by atoms with Crippen LogP contribution < -0.4 is 19.6 Å². The summed E-state index contributed by atoms with van der Waals surface area (Å²) >= 11 is 15.1. The highest BCUT2D eigenvalue weighted by Gasteiger charge is 2.14. The first kappa shape index (κ1) is 24.6. The second-order valence-corrected chi connectivity index (χ2v) is 8.19. The minimum atomic E-state index is -0.619. The lowest BCUT2D eigenvalue weighted by Crippen LogP contribution is -2.24. The number of carbonyl (C=O) groups is 2. The van der Waals surface area contributed by atoms with Crippen molar-refractivity contribution in [3.8, 4) is 17.2 Å². The number of esters is 1. The number of rotatable bonds is 8. The van der Waals surface area contributed by atoms with Crippen LogP contribution in [0, 0.1) is 0 Å². The number of nitrogens with zero attached hydrogens (tertiary/aromatic N) is 1. The van der Waals surface area contributed by atoms with E-state index < -0.39 is 11.9 Å².